The molecule has 0 unspecified atom stereocenters. The molecule has 4 nitrogen and oxygen atoms in total. The van der Waals surface area contributed by atoms with Gasteiger partial charge in [-0.25, -0.2) is 0 Å². The fraction of sp³-hybridized carbons (Fsp3) is 0.480. The lowest BCUT2D eigenvalue weighted by Crippen LogP contribution is -2.33. The molecule has 0 amide bonds. The molecular weight excluding hydrogens is 360 g/mol. The van der Waals surface area contributed by atoms with E-state index in [9.17, 15) is 9.90 Å². The Morgan fingerprint density at radius 2 is 1.14 bits per heavy atom. The summed E-state index contributed by atoms with van der Waals surface area (Å²) in [4.78, 5) is 12.2. The van der Waals surface area contributed by atoms with E-state index in [0.717, 1.165) is 48.4 Å². The van der Waals surface area contributed by atoms with E-state index in [0.29, 0.717) is 0 Å². The zero-order valence-electron chi connectivity index (χ0n) is 18.1. The summed E-state index contributed by atoms with van der Waals surface area (Å²) in [6.07, 6.45) is 7.11. The van der Waals surface area contributed by atoms with Gasteiger partial charge in [0.05, 0.1) is 0 Å². The molecule has 2 rings (SSSR count). The first-order chi connectivity index (χ1) is 14.0. The lowest BCUT2D eigenvalue weighted by atomic mass is 9.76. The smallest absolute Gasteiger partial charge is 0.318 e. The lowest BCUT2D eigenvalue weighted by molar-refractivity contribution is -0.141. The van der Waals surface area contributed by atoms with Crippen molar-refractivity contribution in [3.8, 4) is 0 Å². The van der Waals surface area contributed by atoms with Crippen molar-refractivity contribution >= 4 is 17.3 Å². The highest BCUT2D eigenvalue weighted by Gasteiger charge is 2.37. The van der Waals surface area contributed by atoms with Crippen LogP contribution in [0.15, 0.2) is 48.5 Å². The van der Waals surface area contributed by atoms with Crippen LogP contribution in [0.4, 0.5) is 11.4 Å². The molecule has 0 aliphatic carbocycles. The van der Waals surface area contributed by atoms with Crippen molar-refractivity contribution in [2.24, 2.45) is 0 Å². The summed E-state index contributed by atoms with van der Waals surface area (Å²) in [6.45, 7) is 8.04. The molecule has 0 aliphatic rings. The maximum absolute atomic E-state index is 12.2. The van der Waals surface area contributed by atoms with Crippen molar-refractivity contribution in [1.29, 1.82) is 0 Å². The fourth-order valence-electron chi connectivity index (χ4n) is 3.47. The number of anilines is 2. The van der Waals surface area contributed by atoms with Crippen LogP contribution in [0.1, 0.15) is 70.4 Å². The first-order valence-electron chi connectivity index (χ1n) is 10.9. The molecule has 4 heteroatoms. The second-order valence-electron chi connectivity index (χ2n) is 7.85. The zero-order chi connectivity index (χ0) is 21.1. The number of hydrogen-bond donors (Lipinski definition) is 3. The molecule has 0 radical (unpaired) electrons. The van der Waals surface area contributed by atoms with Gasteiger partial charge in [-0.2, -0.15) is 0 Å². The molecule has 0 aromatic heterocycles. The minimum atomic E-state index is -1.08. The monoisotopic (exact) mass is 396 g/mol. The van der Waals surface area contributed by atoms with E-state index in [4.69, 9.17) is 0 Å². The molecule has 3 N–H and O–H groups in total. The highest BCUT2D eigenvalue weighted by molar-refractivity contribution is 5.85. The molecule has 0 heterocycles. The topological polar surface area (TPSA) is 61.4 Å². The van der Waals surface area contributed by atoms with Crippen LogP contribution >= 0.6 is 0 Å². The van der Waals surface area contributed by atoms with Crippen LogP contribution in [-0.2, 0) is 10.2 Å². The van der Waals surface area contributed by atoms with Crippen LogP contribution in [0.2, 0.25) is 0 Å². The van der Waals surface area contributed by atoms with Crippen LogP contribution in [-0.4, -0.2) is 24.2 Å². The number of carboxylic acid groups (broad SMARTS) is 1. The van der Waals surface area contributed by atoms with Crippen LogP contribution in [0.25, 0.3) is 0 Å². The highest BCUT2D eigenvalue weighted by atomic mass is 16.4. The third kappa shape index (κ3) is 6.25. The number of rotatable bonds is 13. The largest absolute Gasteiger partial charge is 0.480 e. The predicted octanol–water partition coefficient (Wildman–Crippen LogP) is 6.28. The summed E-state index contributed by atoms with van der Waals surface area (Å²) in [5, 5.41) is 16.9. The summed E-state index contributed by atoms with van der Waals surface area (Å²) in [5.74, 6) is -0.843. The highest BCUT2D eigenvalue weighted by Crippen LogP contribution is 2.33. The molecule has 0 saturated heterocycles. The van der Waals surface area contributed by atoms with Gasteiger partial charge in [0.2, 0.25) is 0 Å². The number of benzene rings is 2. The van der Waals surface area contributed by atoms with E-state index in [1.54, 1.807) is 6.92 Å². The Labute approximate surface area is 175 Å². The third-order valence-electron chi connectivity index (χ3n) is 5.57. The van der Waals surface area contributed by atoms with E-state index in [1.165, 1.54) is 25.7 Å². The molecule has 0 bridgehead atoms. The quantitative estimate of drug-likeness (QED) is 0.349. The van der Waals surface area contributed by atoms with Crippen LogP contribution < -0.4 is 10.6 Å². The summed E-state index contributed by atoms with van der Waals surface area (Å²) < 4.78 is 0. The number of nitrogens with one attached hydrogen (secondary N) is 2. The number of carboxylic acids is 1. The maximum atomic E-state index is 12.2. The molecule has 2 aromatic carbocycles. The van der Waals surface area contributed by atoms with Gasteiger partial charge in [-0.1, -0.05) is 63.8 Å². The molecule has 0 aliphatic heterocycles. The predicted molar refractivity (Wildman–Crippen MR) is 123 cm³/mol. The van der Waals surface area contributed by atoms with Gasteiger partial charge >= 0.3 is 5.97 Å². The number of hydrogen-bond acceptors (Lipinski definition) is 3. The molecular formula is C25H36N2O2. The summed E-state index contributed by atoms with van der Waals surface area (Å²) in [5.41, 5.74) is 2.55. The minimum Gasteiger partial charge on any atom is -0.480 e. The van der Waals surface area contributed by atoms with E-state index < -0.39 is 11.4 Å². The summed E-state index contributed by atoms with van der Waals surface area (Å²) in [7, 11) is 0. The van der Waals surface area contributed by atoms with Crippen molar-refractivity contribution in [2.45, 2.75) is 64.7 Å². The second kappa shape index (κ2) is 11.5. The third-order valence-corrected chi connectivity index (χ3v) is 5.57. The SMILES string of the molecule is CCCCCNc1ccc(C(C)(C(=O)O)c2ccc(NCCCCC)cc2)cc1. The van der Waals surface area contributed by atoms with Crippen molar-refractivity contribution in [1.82, 2.24) is 0 Å². The van der Waals surface area contributed by atoms with Crippen LogP contribution in [0, 0.1) is 0 Å². The Kier molecular flexibility index (Phi) is 9.04. The molecule has 0 fully saturated rings. The van der Waals surface area contributed by atoms with E-state index in [-0.39, 0.29) is 0 Å². The fourth-order valence-corrected chi connectivity index (χ4v) is 3.47. The molecule has 0 saturated carbocycles. The normalized spacial score (nSPS) is 11.3. The molecule has 0 spiro atoms. The molecule has 0 atom stereocenters. The van der Waals surface area contributed by atoms with Crippen LogP contribution in [0.5, 0.6) is 0 Å². The summed E-state index contributed by atoms with van der Waals surface area (Å²) in [6, 6.07) is 15.6. The van der Waals surface area contributed by atoms with Gasteiger partial charge < -0.3 is 15.7 Å². The maximum Gasteiger partial charge on any atom is 0.318 e. The van der Waals surface area contributed by atoms with Gasteiger partial charge in [-0.3, -0.25) is 4.79 Å². The van der Waals surface area contributed by atoms with Crippen LogP contribution in [0.3, 0.4) is 0 Å². The Morgan fingerprint density at radius 3 is 1.45 bits per heavy atom. The molecule has 158 valence electrons. The Morgan fingerprint density at radius 1 is 0.759 bits per heavy atom. The van der Waals surface area contributed by atoms with Crippen molar-refractivity contribution in [2.75, 3.05) is 23.7 Å². The standard InChI is InChI=1S/C25H36N2O2/c1-4-6-8-18-26-22-14-10-20(11-15-22)25(3,24(28)29)21-12-16-23(17-13-21)27-19-9-7-5-2/h10-17,26-27H,4-9,18-19H2,1-3H3,(H,28,29). The average molecular weight is 397 g/mol. The van der Waals surface area contributed by atoms with Gasteiger partial charge in [0.15, 0.2) is 0 Å². The van der Waals surface area contributed by atoms with Gasteiger partial charge in [-0.05, 0) is 55.2 Å². The summed E-state index contributed by atoms with van der Waals surface area (Å²) >= 11 is 0. The number of unbranched alkanes of at least 4 members (excludes halogenated alkanes) is 4. The van der Waals surface area contributed by atoms with Gasteiger partial charge in [-0.15, -0.1) is 0 Å². The molecule has 29 heavy (non-hydrogen) atoms. The zero-order valence-corrected chi connectivity index (χ0v) is 18.1. The van der Waals surface area contributed by atoms with Crippen molar-refractivity contribution in [3.05, 3.63) is 59.7 Å². The van der Waals surface area contributed by atoms with Crippen molar-refractivity contribution in [3.63, 3.8) is 0 Å². The van der Waals surface area contributed by atoms with E-state index in [2.05, 4.69) is 24.5 Å². The van der Waals surface area contributed by atoms with Gasteiger partial charge in [0, 0.05) is 24.5 Å². The lowest BCUT2D eigenvalue weighted by Gasteiger charge is -2.26. The number of aliphatic carboxylic acids is 1. The Balaban J connectivity index is 2.11. The Bertz CT molecular complexity index is 683. The first-order valence-corrected chi connectivity index (χ1v) is 10.9. The molecule has 2 aromatic rings. The van der Waals surface area contributed by atoms with Gasteiger partial charge in [0.25, 0.3) is 0 Å². The van der Waals surface area contributed by atoms with Crippen molar-refractivity contribution < 1.29 is 9.90 Å². The van der Waals surface area contributed by atoms with E-state index >= 15 is 0 Å². The second-order valence-corrected chi connectivity index (χ2v) is 7.85. The average Bonchev–Trinajstić information content (AvgIpc) is 2.74. The Hall–Kier alpha value is -2.49. The van der Waals surface area contributed by atoms with E-state index in [1.807, 2.05) is 48.5 Å². The van der Waals surface area contributed by atoms with Gasteiger partial charge in [0.1, 0.15) is 5.41 Å². The number of carbonyl (C=O) groups is 1. The minimum absolute atomic E-state index is 0.785. The first kappa shape index (κ1) is 22.8.